The van der Waals surface area contributed by atoms with Gasteiger partial charge in [-0.15, -0.1) is 23.4 Å². The molecule has 1 aromatic carbocycles. The molecule has 0 amide bonds. The molecular weight excluding hydrogens is 152 g/mol. The normalized spacial score (nSPS) is 9.44. The molecule has 0 saturated carbocycles. The van der Waals surface area contributed by atoms with Gasteiger partial charge in [-0.2, -0.15) is 0 Å². The predicted molar refractivity (Wildman–Crippen MR) is 41.9 cm³/mol. The van der Waals surface area contributed by atoms with Crippen LogP contribution in [0.4, 0.5) is 0 Å². The molecule has 0 aliphatic heterocycles. The molecule has 1 radical (unpaired) electrons. The maximum absolute atomic E-state index is 5.49. The molecule has 0 saturated heterocycles. The highest BCUT2D eigenvalue weighted by Crippen LogP contribution is 2.16. The average molecular weight is 158 g/mol. The smallest absolute Gasteiger partial charge is 0.0727 e. The third-order valence-corrected chi connectivity index (χ3v) is 1.95. The first-order valence-corrected chi connectivity index (χ1v) is 4.10. The first kappa shape index (κ1) is 6.97. The van der Waals surface area contributed by atoms with Gasteiger partial charge < -0.3 is 0 Å². The van der Waals surface area contributed by atoms with Crippen molar-refractivity contribution in [2.45, 2.75) is 4.90 Å². The van der Waals surface area contributed by atoms with E-state index in [0.717, 1.165) is 0 Å². The Morgan fingerprint density at radius 1 is 1.44 bits per heavy atom. The van der Waals surface area contributed by atoms with Crippen molar-refractivity contribution >= 4 is 23.4 Å². The van der Waals surface area contributed by atoms with Crippen molar-refractivity contribution in [3.8, 4) is 0 Å². The van der Waals surface area contributed by atoms with Crippen LogP contribution in [-0.2, 0) is 0 Å². The molecule has 0 spiro atoms. The molecule has 9 heavy (non-hydrogen) atoms. The second kappa shape index (κ2) is 3.80. The quantitative estimate of drug-likeness (QED) is 0.470. The Bertz CT molecular complexity index is 162. The van der Waals surface area contributed by atoms with Gasteiger partial charge in [-0.25, -0.2) is 0 Å². The molecule has 0 fully saturated rings. The van der Waals surface area contributed by atoms with E-state index in [4.69, 9.17) is 11.6 Å². The zero-order valence-corrected chi connectivity index (χ0v) is 6.38. The zero-order chi connectivity index (χ0) is 6.53. The van der Waals surface area contributed by atoms with Crippen LogP contribution in [0, 0.1) is 6.07 Å². The molecule has 0 bridgehead atoms. The third kappa shape index (κ3) is 2.29. The van der Waals surface area contributed by atoms with Gasteiger partial charge >= 0.3 is 0 Å². The molecule has 0 aliphatic carbocycles. The largest absolute Gasteiger partial charge is 0.114 e. The van der Waals surface area contributed by atoms with E-state index in [1.54, 1.807) is 11.8 Å². The van der Waals surface area contributed by atoms with Crippen LogP contribution in [0.3, 0.4) is 0 Å². The summed E-state index contributed by atoms with van der Waals surface area (Å²) < 4.78 is 0. The second-order valence-corrected chi connectivity index (χ2v) is 3.12. The molecule has 1 aromatic rings. The summed E-state index contributed by atoms with van der Waals surface area (Å²) in [6, 6.07) is 10.7. The van der Waals surface area contributed by atoms with Gasteiger partial charge in [0.1, 0.15) is 0 Å². The minimum atomic E-state index is 0.615. The highest BCUT2D eigenvalue weighted by Gasteiger charge is 1.86. The number of hydrogen-bond donors (Lipinski definition) is 0. The van der Waals surface area contributed by atoms with E-state index in [-0.39, 0.29) is 0 Å². The zero-order valence-electron chi connectivity index (χ0n) is 4.80. The fraction of sp³-hybridized carbons (Fsp3) is 0.143. The van der Waals surface area contributed by atoms with Crippen LogP contribution >= 0.6 is 23.4 Å². The number of benzene rings is 1. The van der Waals surface area contributed by atoms with Crippen LogP contribution in [0.5, 0.6) is 0 Å². The van der Waals surface area contributed by atoms with E-state index < -0.39 is 0 Å². The molecule has 1 rings (SSSR count). The lowest BCUT2D eigenvalue weighted by Gasteiger charge is -1.92. The lowest BCUT2D eigenvalue weighted by atomic mass is 10.4. The van der Waals surface area contributed by atoms with Gasteiger partial charge in [0.2, 0.25) is 0 Å². The lowest BCUT2D eigenvalue weighted by molar-refractivity contribution is 1.46. The maximum Gasteiger partial charge on any atom is 0.0727 e. The molecule has 2 heteroatoms. The van der Waals surface area contributed by atoms with E-state index in [1.807, 2.05) is 24.3 Å². The van der Waals surface area contributed by atoms with Crippen molar-refractivity contribution in [3.05, 3.63) is 30.3 Å². The van der Waals surface area contributed by atoms with Crippen molar-refractivity contribution in [1.82, 2.24) is 0 Å². The first-order chi connectivity index (χ1) is 4.43. The van der Waals surface area contributed by atoms with E-state index in [2.05, 4.69) is 6.07 Å². The van der Waals surface area contributed by atoms with Crippen LogP contribution in [-0.4, -0.2) is 5.21 Å². The Labute approximate surface area is 64.2 Å². The minimum Gasteiger partial charge on any atom is -0.114 e. The van der Waals surface area contributed by atoms with Crippen molar-refractivity contribution in [2.75, 3.05) is 5.21 Å². The molecule has 0 N–H and O–H groups in total. The number of thioether (sulfide) groups is 1. The first-order valence-electron chi connectivity index (χ1n) is 2.58. The molecule has 0 nitrogen and oxygen atoms in total. The molecule has 0 aliphatic rings. The van der Waals surface area contributed by atoms with Crippen molar-refractivity contribution < 1.29 is 0 Å². The Kier molecular flexibility index (Phi) is 2.95. The van der Waals surface area contributed by atoms with Crippen LogP contribution in [0.25, 0.3) is 0 Å². The van der Waals surface area contributed by atoms with Gasteiger partial charge in [0.25, 0.3) is 0 Å². The van der Waals surface area contributed by atoms with Gasteiger partial charge in [0.05, 0.1) is 5.21 Å². The summed E-state index contributed by atoms with van der Waals surface area (Å²) in [5.41, 5.74) is 0. The summed E-state index contributed by atoms with van der Waals surface area (Å²) in [5.74, 6) is 0. The average Bonchev–Trinajstić information content (AvgIpc) is 1.91. The number of hydrogen-bond acceptors (Lipinski definition) is 1. The van der Waals surface area contributed by atoms with Crippen molar-refractivity contribution in [1.29, 1.82) is 0 Å². The van der Waals surface area contributed by atoms with Crippen LogP contribution in [0.15, 0.2) is 29.2 Å². The lowest BCUT2D eigenvalue weighted by Crippen LogP contribution is -1.66. The van der Waals surface area contributed by atoms with Gasteiger partial charge in [-0.1, -0.05) is 12.1 Å². The topological polar surface area (TPSA) is 0 Å². The van der Waals surface area contributed by atoms with E-state index in [9.17, 15) is 0 Å². The van der Waals surface area contributed by atoms with Crippen LogP contribution in [0.1, 0.15) is 0 Å². The van der Waals surface area contributed by atoms with E-state index in [1.165, 1.54) is 4.90 Å². The van der Waals surface area contributed by atoms with E-state index >= 15 is 0 Å². The van der Waals surface area contributed by atoms with Gasteiger partial charge in [0, 0.05) is 4.90 Å². The SMILES string of the molecule is ClCSc1cc[c]cc1. The highest BCUT2D eigenvalue weighted by molar-refractivity contribution is 8.00. The fourth-order valence-corrected chi connectivity index (χ4v) is 1.36. The van der Waals surface area contributed by atoms with Crippen LogP contribution < -0.4 is 0 Å². The van der Waals surface area contributed by atoms with Crippen molar-refractivity contribution in [3.63, 3.8) is 0 Å². The number of halogens is 1. The number of rotatable bonds is 2. The second-order valence-electron chi connectivity index (χ2n) is 1.49. The summed E-state index contributed by atoms with van der Waals surface area (Å²) in [7, 11) is 0. The Balaban J connectivity index is 2.61. The molecule has 0 heterocycles. The third-order valence-electron chi connectivity index (χ3n) is 0.909. The molecule has 47 valence electrons. The minimum absolute atomic E-state index is 0.615. The summed E-state index contributed by atoms with van der Waals surface area (Å²) in [4.78, 5) is 1.20. The van der Waals surface area contributed by atoms with Crippen LogP contribution in [0.2, 0.25) is 0 Å². The molecule has 0 aromatic heterocycles. The van der Waals surface area contributed by atoms with Gasteiger partial charge in [0.15, 0.2) is 0 Å². The monoisotopic (exact) mass is 157 g/mol. The summed E-state index contributed by atoms with van der Waals surface area (Å²) in [5, 5.41) is 0.615. The highest BCUT2D eigenvalue weighted by atomic mass is 35.5. The number of alkyl halides is 1. The summed E-state index contributed by atoms with van der Waals surface area (Å²) >= 11 is 7.11. The van der Waals surface area contributed by atoms with Gasteiger partial charge in [-0.3, -0.25) is 0 Å². The Morgan fingerprint density at radius 3 is 2.67 bits per heavy atom. The van der Waals surface area contributed by atoms with E-state index in [0.29, 0.717) is 5.21 Å². The Hall–Kier alpha value is -0.140. The maximum atomic E-state index is 5.49. The van der Waals surface area contributed by atoms with Gasteiger partial charge in [-0.05, 0) is 18.2 Å². The molecule has 0 unspecified atom stereocenters. The predicted octanol–water partition coefficient (Wildman–Crippen LogP) is 2.78. The Morgan fingerprint density at radius 2 is 2.11 bits per heavy atom. The van der Waals surface area contributed by atoms with Crippen molar-refractivity contribution in [2.24, 2.45) is 0 Å². The fourth-order valence-electron chi connectivity index (χ4n) is 0.531. The summed E-state index contributed by atoms with van der Waals surface area (Å²) in [6.07, 6.45) is 0. The molecular formula is C7H6ClS. The summed E-state index contributed by atoms with van der Waals surface area (Å²) in [6.45, 7) is 0. The molecule has 0 atom stereocenters. The standard InChI is InChI=1S/C7H6ClS/c8-6-9-7-4-2-1-3-5-7/h2-5H,6H2.